The van der Waals surface area contributed by atoms with Crippen molar-refractivity contribution in [1.82, 2.24) is 10.3 Å². The summed E-state index contributed by atoms with van der Waals surface area (Å²) in [6.07, 6.45) is 2.12. The van der Waals surface area contributed by atoms with Gasteiger partial charge in [-0.25, -0.2) is 4.79 Å². The molecule has 0 spiro atoms. The molecule has 0 saturated carbocycles. The molecule has 1 aromatic heterocycles. The SMILES string of the molecule is COC(=O)[C@H](Cc1c[nH]c2ccccc12)NC(=O)c1ccc2c(c1)NC(=O)[C@H](C)S2. The summed E-state index contributed by atoms with van der Waals surface area (Å²) in [5, 5.41) is 6.39. The van der Waals surface area contributed by atoms with Gasteiger partial charge in [0.25, 0.3) is 5.91 Å². The number of fused-ring (bicyclic) bond motifs is 2. The van der Waals surface area contributed by atoms with Gasteiger partial charge >= 0.3 is 5.97 Å². The van der Waals surface area contributed by atoms with E-state index in [1.54, 1.807) is 18.2 Å². The number of esters is 1. The molecule has 0 saturated heterocycles. The molecule has 154 valence electrons. The second kappa shape index (κ2) is 8.23. The normalized spacial score (nSPS) is 16.5. The van der Waals surface area contributed by atoms with Gasteiger partial charge < -0.3 is 20.4 Å². The van der Waals surface area contributed by atoms with E-state index in [2.05, 4.69) is 15.6 Å². The van der Waals surface area contributed by atoms with Gasteiger partial charge in [0, 0.05) is 34.0 Å². The summed E-state index contributed by atoms with van der Waals surface area (Å²) < 4.78 is 4.90. The van der Waals surface area contributed by atoms with Gasteiger partial charge in [-0.05, 0) is 36.8 Å². The molecule has 0 fully saturated rings. The Morgan fingerprint density at radius 1 is 1.23 bits per heavy atom. The molecule has 8 heteroatoms. The maximum absolute atomic E-state index is 12.9. The fraction of sp³-hybridized carbons (Fsp3) is 0.227. The summed E-state index contributed by atoms with van der Waals surface area (Å²) in [6.45, 7) is 1.83. The van der Waals surface area contributed by atoms with E-state index in [9.17, 15) is 14.4 Å². The fourth-order valence-electron chi connectivity index (χ4n) is 3.45. The topological polar surface area (TPSA) is 100 Å². The monoisotopic (exact) mass is 423 g/mol. The molecule has 2 atom stereocenters. The molecule has 2 amide bonds. The quantitative estimate of drug-likeness (QED) is 0.548. The number of carbonyl (C=O) groups is 3. The number of aromatic nitrogens is 1. The van der Waals surface area contributed by atoms with E-state index >= 15 is 0 Å². The number of aromatic amines is 1. The van der Waals surface area contributed by atoms with E-state index in [1.165, 1.54) is 18.9 Å². The largest absolute Gasteiger partial charge is 0.467 e. The minimum Gasteiger partial charge on any atom is -0.467 e. The summed E-state index contributed by atoms with van der Waals surface area (Å²) in [4.78, 5) is 41.2. The van der Waals surface area contributed by atoms with Crippen molar-refractivity contribution in [2.45, 2.75) is 29.5 Å². The number of benzene rings is 2. The Morgan fingerprint density at radius 2 is 2.03 bits per heavy atom. The number of nitrogens with one attached hydrogen (secondary N) is 3. The van der Waals surface area contributed by atoms with Gasteiger partial charge in [0.1, 0.15) is 6.04 Å². The summed E-state index contributed by atoms with van der Waals surface area (Å²) in [5.74, 6) is -1.04. The smallest absolute Gasteiger partial charge is 0.328 e. The molecule has 0 aliphatic carbocycles. The van der Waals surface area contributed by atoms with Crippen molar-refractivity contribution in [3.63, 3.8) is 0 Å². The lowest BCUT2D eigenvalue weighted by molar-refractivity contribution is -0.142. The van der Waals surface area contributed by atoms with Crippen LogP contribution in [0.15, 0.2) is 53.6 Å². The average molecular weight is 423 g/mol. The lowest BCUT2D eigenvalue weighted by Gasteiger charge is -2.22. The van der Waals surface area contributed by atoms with Gasteiger partial charge in [0.05, 0.1) is 18.0 Å². The minimum atomic E-state index is -0.846. The van der Waals surface area contributed by atoms with E-state index in [0.717, 1.165) is 21.4 Å². The second-order valence-electron chi connectivity index (χ2n) is 7.07. The number of anilines is 1. The van der Waals surface area contributed by atoms with Gasteiger partial charge in [-0.1, -0.05) is 18.2 Å². The Hall–Kier alpha value is -3.26. The molecule has 7 nitrogen and oxygen atoms in total. The van der Waals surface area contributed by atoms with Crippen LogP contribution in [0.1, 0.15) is 22.8 Å². The summed E-state index contributed by atoms with van der Waals surface area (Å²) in [6, 6.07) is 12.0. The predicted molar refractivity (Wildman–Crippen MR) is 116 cm³/mol. The van der Waals surface area contributed by atoms with Crippen molar-refractivity contribution < 1.29 is 19.1 Å². The maximum atomic E-state index is 12.9. The number of rotatable bonds is 5. The molecule has 3 aromatic rings. The number of hydrogen-bond acceptors (Lipinski definition) is 5. The Labute approximate surface area is 177 Å². The van der Waals surface area contributed by atoms with Crippen LogP contribution in [0.3, 0.4) is 0 Å². The molecule has 2 aromatic carbocycles. The molecule has 2 heterocycles. The molecule has 30 heavy (non-hydrogen) atoms. The summed E-state index contributed by atoms with van der Waals surface area (Å²) in [7, 11) is 1.30. The molecule has 0 unspecified atom stereocenters. The Kier molecular flexibility index (Phi) is 5.50. The number of hydrogen-bond donors (Lipinski definition) is 3. The van der Waals surface area contributed by atoms with E-state index < -0.39 is 17.9 Å². The number of amides is 2. The highest BCUT2D eigenvalue weighted by Crippen LogP contribution is 2.35. The molecule has 1 aliphatic rings. The number of carbonyl (C=O) groups excluding carboxylic acids is 3. The van der Waals surface area contributed by atoms with Crippen molar-refractivity contribution in [3.05, 3.63) is 59.8 Å². The third-order valence-electron chi connectivity index (χ3n) is 5.06. The lowest BCUT2D eigenvalue weighted by atomic mass is 10.0. The van der Waals surface area contributed by atoms with Crippen molar-refractivity contribution in [3.8, 4) is 0 Å². The first-order valence-electron chi connectivity index (χ1n) is 9.51. The Morgan fingerprint density at radius 3 is 2.83 bits per heavy atom. The van der Waals surface area contributed by atoms with Crippen LogP contribution in [0.4, 0.5) is 5.69 Å². The number of H-pyrrole nitrogens is 1. The van der Waals surface area contributed by atoms with Crippen LogP contribution >= 0.6 is 11.8 Å². The van der Waals surface area contributed by atoms with Crippen LogP contribution < -0.4 is 10.6 Å². The highest BCUT2D eigenvalue weighted by molar-refractivity contribution is 8.00. The molecule has 3 N–H and O–H groups in total. The zero-order valence-corrected chi connectivity index (χ0v) is 17.3. The van der Waals surface area contributed by atoms with Gasteiger partial charge in [0.15, 0.2) is 0 Å². The first-order chi connectivity index (χ1) is 14.5. The second-order valence-corrected chi connectivity index (χ2v) is 8.46. The van der Waals surface area contributed by atoms with E-state index in [1.807, 2.05) is 37.4 Å². The number of methoxy groups -OCH3 is 1. The van der Waals surface area contributed by atoms with Crippen molar-refractivity contribution >= 4 is 46.1 Å². The third kappa shape index (κ3) is 3.91. The molecular weight excluding hydrogens is 402 g/mol. The highest BCUT2D eigenvalue weighted by atomic mass is 32.2. The van der Waals surface area contributed by atoms with Crippen LogP contribution in [0.25, 0.3) is 10.9 Å². The molecular formula is C22H21N3O4S. The van der Waals surface area contributed by atoms with Crippen molar-refractivity contribution in [2.24, 2.45) is 0 Å². The van der Waals surface area contributed by atoms with Crippen LogP contribution in [-0.2, 0) is 20.7 Å². The van der Waals surface area contributed by atoms with Crippen molar-refractivity contribution in [2.75, 3.05) is 12.4 Å². The van der Waals surface area contributed by atoms with Crippen LogP contribution in [0.2, 0.25) is 0 Å². The molecule has 1 aliphatic heterocycles. The van der Waals surface area contributed by atoms with Gasteiger partial charge in [0.2, 0.25) is 5.91 Å². The zero-order chi connectivity index (χ0) is 21.3. The number of thioether (sulfide) groups is 1. The lowest BCUT2D eigenvalue weighted by Crippen LogP contribution is -2.43. The summed E-state index contributed by atoms with van der Waals surface area (Å²) >= 11 is 1.45. The van der Waals surface area contributed by atoms with Crippen LogP contribution in [0.5, 0.6) is 0 Å². The van der Waals surface area contributed by atoms with Crippen molar-refractivity contribution in [1.29, 1.82) is 0 Å². The van der Waals surface area contributed by atoms with E-state index in [0.29, 0.717) is 11.3 Å². The Balaban J connectivity index is 1.55. The van der Waals surface area contributed by atoms with Crippen LogP contribution in [0, 0.1) is 0 Å². The number of para-hydroxylation sites is 1. The first-order valence-corrected chi connectivity index (χ1v) is 10.4. The third-order valence-corrected chi connectivity index (χ3v) is 6.24. The first kappa shape index (κ1) is 20.0. The predicted octanol–water partition coefficient (Wildman–Crippen LogP) is 3.11. The Bertz CT molecular complexity index is 1140. The van der Waals surface area contributed by atoms with Gasteiger partial charge in [-0.3, -0.25) is 9.59 Å². The average Bonchev–Trinajstić information content (AvgIpc) is 3.16. The van der Waals surface area contributed by atoms with Gasteiger partial charge in [-0.15, -0.1) is 11.8 Å². The minimum absolute atomic E-state index is 0.100. The van der Waals surface area contributed by atoms with Gasteiger partial charge in [-0.2, -0.15) is 0 Å². The van der Waals surface area contributed by atoms with E-state index in [4.69, 9.17) is 4.74 Å². The van der Waals surface area contributed by atoms with E-state index in [-0.39, 0.29) is 17.6 Å². The standard InChI is InChI=1S/C22H21N3O4S/c1-12-20(26)24-17-9-13(7-8-19(17)30-12)21(27)25-18(22(28)29-2)10-14-11-23-16-6-4-3-5-15(14)16/h3-9,11-12,18,23H,10H2,1-2H3,(H,24,26)(H,25,27)/t12-,18-/m0/s1. The summed E-state index contributed by atoms with van der Waals surface area (Å²) in [5.41, 5.74) is 2.82. The molecule has 0 bridgehead atoms. The molecule has 4 rings (SSSR count). The maximum Gasteiger partial charge on any atom is 0.328 e. The zero-order valence-electron chi connectivity index (χ0n) is 16.5. The highest BCUT2D eigenvalue weighted by Gasteiger charge is 2.26. The van der Waals surface area contributed by atoms with Crippen LogP contribution in [-0.4, -0.2) is 41.2 Å². The fourth-order valence-corrected chi connectivity index (χ4v) is 4.38. The number of ether oxygens (including phenoxy) is 1. The molecule has 0 radical (unpaired) electrons.